The number of carboxylic acid groups (broad SMARTS) is 1. The Kier molecular flexibility index (Phi) is 3.68. The summed E-state index contributed by atoms with van der Waals surface area (Å²) >= 11 is 4.77. The third-order valence-corrected chi connectivity index (χ3v) is 4.46. The Labute approximate surface area is 117 Å². The van der Waals surface area contributed by atoms with Crippen molar-refractivity contribution in [2.45, 2.75) is 13.8 Å². The molecule has 4 nitrogen and oxygen atoms in total. The van der Waals surface area contributed by atoms with Gasteiger partial charge in [0.15, 0.2) is 5.69 Å². The molecule has 1 aromatic carbocycles. The summed E-state index contributed by atoms with van der Waals surface area (Å²) in [5, 5.41) is 12.6. The van der Waals surface area contributed by atoms with Crippen molar-refractivity contribution in [1.82, 2.24) is 4.98 Å². The average Bonchev–Trinajstić information content (AvgIpc) is 2.74. The number of thiazole rings is 1. The molecule has 0 atom stereocenters. The summed E-state index contributed by atoms with van der Waals surface area (Å²) in [6.07, 6.45) is 0. The second-order valence-electron chi connectivity index (χ2n) is 3.88. The Bertz CT molecular complexity index is 587. The molecule has 0 bridgehead atoms. The Morgan fingerprint density at radius 1 is 1.39 bits per heavy atom. The van der Waals surface area contributed by atoms with Crippen LogP contribution in [0.3, 0.4) is 0 Å². The number of hydrogen-bond donors (Lipinski definition) is 2. The molecule has 0 aliphatic heterocycles. The molecule has 18 heavy (non-hydrogen) atoms. The molecule has 0 fully saturated rings. The fourth-order valence-corrected chi connectivity index (χ4v) is 2.56. The SMILES string of the molecule is Cc1cc(Nc2scnc2C(=O)O)cc(C)c1Br. The summed E-state index contributed by atoms with van der Waals surface area (Å²) in [6.45, 7) is 3.99. The number of aromatic carboxylic acids is 1. The quantitative estimate of drug-likeness (QED) is 0.896. The van der Waals surface area contributed by atoms with Crippen LogP contribution in [0.4, 0.5) is 10.7 Å². The van der Waals surface area contributed by atoms with Crippen LogP contribution in [0.2, 0.25) is 0 Å². The molecule has 2 N–H and O–H groups in total. The van der Waals surface area contributed by atoms with Crippen LogP contribution in [0.15, 0.2) is 22.1 Å². The molecule has 2 rings (SSSR count). The molecule has 0 unspecified atom stereocenters. The van der Waals surface area contributed by atoms with Crippen molar-refractivity contribution in [1.29, 1.82) is 0 Å². The van der Waals surface area contributed by atoms with Gasteiger partial charge in [-0.15, -0.1) is 11.3 Å². The van der Waals surface area contributed by atoms with Crippen molar-refractivity contribution in [3.63, 3.8) is 0 Å². The number of carbonyl (C=O) groups is 1. The predicted molar refractivity (Wildman–Crippen MR) is 76.0 cm³/mol. The third-order valence-electron chi connectivity index (χ3n) is 2.46. The first-order chi connectivity index (χ1) is 8.49. The molecule has 0 aliphatic rings. The Morgan fingerprint density at radius 3 is 2.56 bits per heavy atom. The predicted octanol–water partition coefficient (Wildman–Crippen LogP) is 3.96. The molecule has 0 spiro atoms. The van der Waals surface area contributed by atoms with Gasteiger partial charge >= 0.3 is 5.97 Å². The van der Waals surface area contributed by atoms with Crippen molar-refractivity contribution >= 4 is 43.9 Å². The van der Waals surface area contributed by atoms with Crippen LogP contribution in [0.1, 0.15) is 21.6 Å². The third kappa shape index (κ3) is 2.54. The monoisotopic (exact) mass is 326 g/mol. The van der Waals surface area contributed by atoms with E-state index in [1.54, 1.807) is 0 Å². The summed E-state index contributed by atoms with van der Waals surface area (Å²) in [5.74, 6) is -1.02. The van der Waals surface area contributed by atoms with E-state index >= 15 is 0 Å². The van der Waals surface area contributed by atoms with Gasteiger partial charge in [-0.1, -0.05) is 15.9 Å². The molecular weight excluding hydrogens is 316 g/mol. The van der Waals surface area contributed by atoms with Gasteiger partial charge in [0.25, 0.3) is 0 Å². The number of aromatic nitrogens is 1. The summed E-state index contributed by atoms with van der Waals surface area (Å²) in [5.41, 5.74) is 4.63. The fraction of sp³-hybridized carbons (Fsp3) is 0.167. The highest BCUT2D eigenvalue weighted by atomic mass is 79.9. The van der Waals surface area contributed by atoms with Gasteiger partial charge in [0.2, 0.25) is 0 Å². The lowest BCUT2D eigenvalue weighted by Crippen LogP contribution is -2.01. The smallest absolute Gasteiger partial charge is 0.357 e. The van der Waals surface area contributed by atoms with E-state index in [9.17, 15) is 4.79 Å². The van der Waals surface area contributed by atoms with E-state index in [2.05, 4.69) is 26.2 Å². The number of halogens is 1. The summed E-state index contributed by atoms with van der Waals surface area (Å²) in [6, 6.07) is 3.92. The number of benzene rings is 1. The van der Waals surface area contributed by atoms with Crippen LogP contribution < -0.4 is 5.32 Å². The lowest BCUT2D eigenvalue weighted by atomic mass is 10.1. The van der Waals surface area contributed by atoms with Gasteiger partial charge in [0.05, 0.1) is 5.51 Å². The largest absolute Gasteiger partial charge is 0.476 e. The molecule has 0 aliphatic carbocycles. The van der Waals surface area contributed by atoms with Gasteiger partial charge in [-0.05, 0) is 37.1 Å². The highest BCUT2D eigenvalue weighted by Crippen LogP contribution is 2.29. The van der Waals surface area contributed by atoms with Gasteiger partial charge in [0.1, 0.15) is 5.00 Å². The van der Waals surface area contributed by atoms with Crippen LogP contribution in [0.25, 0.3) is 0 Å². The fourth-order valence-electron chi connectivity index (χ4n) is 1.64. The first-order valence-corrected chi connectivity index (χ1v) is 6.87. The van der Waals surface area contributed by atoms with Crippen LogP contribution >= 0.6 is 27.3 Å². The Balaban J connectivity index is 2.34. The highest BCUT2D eigenvalue weighted by molar-refractivity contribution is 9.10. The number of nitrogens with zero attached hydrogens (tertiary/aromatic N) is 1. The van der Waals surface area contributed by atoms with E-state index in [0.29, 0.717) is 5.00 Å². The summed E-state index contributed by atoms with van der Waals surface area (Å²) < 4.78 is 1.07. The molecule has 0 amide bonds. The van der Waals surface area contributed by atoms with Crippen molar-refractivity contribution in [3.05, 3.63) is 38.9 Å². The van der Waals surface area contributed by atoms with E-state index in [4.69, 9.17) is 5.11 Å². The topological polar surface area (TPSA) is 62.2 Å². The van der Waals surface area contributed by atoms with E-state index in [1.165, 1.54) is 16.8 Å². The zero-order valence-electron chi connectivity index (χ0n) is 9.82. The van der Waals surface area contributed by atoms with E-state index < -0.39 is 5.97 Å². The van der Waals surface area contributed by atoms with Crippen molar-refractivity contribution in [3.8, 4) is 0 Å². The summed E-state index contributed by atoms with van der Waals surface area (Å²) in [4.78, 5) is 14.8. The molecule has 1 heterocycles. The van der Waals surface area contributed by atoms with Gasteiger partial charge in [-0.3, -0.25) is 0 Å². The zero-order valence-corrected chi connectivity index (χ0v) is 12.2. The normalized spacial score (nSPS) is 10.4. The molecule has 6 heteroatoms. The minimum atomic E-state index is -1.02. The minimum Gasteiger partial charge on any atom is -0.476 e. The highest BCUT2D eigenvalue weighted by Gasteiger charge is 2.14. The summed E-state index contributed by atoms with van der Waals surface area (Å²) in [7, 11) is 0. The van der Waals surface area contributed by atoms with Gasteiger partial charge < -0.3 is 10.4 Å². The first kappa shape index (κ1) is 13.0. The standard InChI is InChI=1S/C12H11BrN2O2S/c1-6-3-8(4-7(2)9(6)13)15-11-10(12(16)17)14-5-18-11/h3-5,15H,1-2H3,(H,16,17). The average molecular weight is 327 g/mol. The van der Waals surface area contributed by atoms with Gasteiger partial charge in [-0.2, -0.15) is 0 Å². The van der Waals surface area contributed by atoms with Crippen molar-refractivity contribution in [2.24, 2.45) is 0 Å². The Hall–Kier alpha value is -1.40. The molecular formula is C12H11BrN2O2S. The second-order valence-corrected chi connectivity index (χ2v) is 5.53. The number of rotatable bonds is 3. The van der Waals surface area contributed by atoms with E-state index in [0.717, 1.165) is 21.3 Å². The number of nitrogens with one attached hydrogen (secondary N) is 1. The number of carboxylic acids is 1. The van der Waals surface area contributed by atoms with Crippen LogP contribution in [-0.2, 0) is 0 Å². The number of aryl methyl sites for hydroxylation is 2. The lowest BCUT2D eigenvalue weighted by molar-refractivity contribution is 0.0692. The Morgan fingerprint density at radius 2 is 2.00 bits per heavy atom. The maximum atomic E-state index is 11.0. The minimum absolute atomic E-state index is 0.0539. The maximum absolute atomic E-state index is 11.0. The number of hydrogen-bond acceptors (Lipinski definition) is 4. The first-order valence-electron chi connectivity index (χ1n) is 5.19. The molecule has 94 valence electrons. The zero-order chi connectivity index (χ0) is 13.3. The molecule has 0 saturated carbocycles. The van der Waals surface area contributed by atoms with Crippen LogP contribution in [0, 0.1) is 13.8 Å². The van der Waals surface area contributed by atoms with Gasteiger partial charge in [-0.25, -0.2) is 9.78 Å². The second kappa shape index (κ2) is 5.07. The van der Waals surface area contributed by atoms with E-state index in [1.807, 2.05) is 26.0 Å². The molecule has 0 radical (unpaired) electrons. The lowest BCUT2D eigenvalue weighted by Gasteiger charge is -2.09. The number of anilines is 2. The maximum Gasteiger partial charge on any atom is 0.357 e. The van der Waals surface area contributed by atoms with Gasteiger partial charge in [0, 0.05) is 10.2 Å². The molecule has 1 aromatic heterocycles. The molecule has 2 aromatic rings. The van der Waals surface area contributed by atoms with Crippen LogP contribution in [0.5, 0.6) is 0 Å². The van der Waals surface area contributed by atoms with Crippen molar-refractivity contribution in [2.75, 3.05) is 5.32 Å². The molecule has 0 saturated heterocycles. The van der Waals surface area contributed by atoms with Crippen molar-refractivity contribution < 1.29 is 9.90 Å². The van der Waals surface area contributed by atoms with Crippen LogP contribution in [-0.4, -0.2) is 16.1 Å². The van der Waals surface area contributed by atoms with E-state index in [-0.39, 0.29) is 5.69 Å².